The van der Waals surface area contributed by atoms with Crippen LogP contribution in [0.3, 0.4) is 0 Å². The Labute approximate surface area is 184 Å². The quantitative estimate of drug-likeness (QED) is 0.560. The number of para-hydroxylation sites is 1. The number of rotatable bonds is 8. The van der Waals surface area contributed by atoms with Crippen LogP contribution in [0.1, 0.15) is 25.5 Å². The van der Waals surface area contributed by atoms with Crippen molar-refractivity contribution < 1.29 is 13.2 Å². The van der Waals surface area contributed by atoms with E-state index in [1.807, 2.05) is 38.2 Å². The maximum atomic E-state index is 12.9. The normalized spacial score (nSPS) is 13.1. The van der Waals surface area contributed by atoms with Crippen LogP contribution in [0.4, 0.5) is 5.69 Å². The van der Waals surface area contributed by atoms with Crippen molar-refractivity contribution in [3.8, 4) is 0 Å². The third kappa shape index (κ3) is 5.15. The van der Waals surface area contributed by atoms with E-state index in [4.69, 9.17) is 0 Å². The van der Waals surface area contributed by atoms with E-state index >= 15 is 0 Å². The lowest BCUT2D eigenvalue weighted by atomic mass is 10.1. The van der Waals surface area contributed by atoms with Gasteiger partial charge in [-0.2, -0.15) is 0 Å². The van der Waals surface area contributed by atoms with Crippen molar-refractivity contribution >= 4 is 32.5 Å². The highest BCUT2D eigenvalue weighted by Gasteiger charge is 2.22. The van der Waals surface area contributed by atoms with E-state index < -0.39 is 10.0 Å². The summed E-state index contributed by atoms with van der Waals surface area (Å²) >= 11 is 0. The molecule has 0 aliphatic heterocycles. The number of benzene rings is 2. The highest BCUT2D eigenvalue weighted by Crippen LogP contribution is 2.28. The minimum absolute atomic E-state index is 0.113. The van der Waals surface area contributed by atoms with Crippen molar-refractivity contribution in [1.82, 2.24) is 14.2 Å². The van der Waals surface area contributed by atoms with Crippen LogP contribution in [-0.4, -0.2) is 44.4 Å². The average molecular weight is 443 g/mol. The number of aryl methyl sites for hydroxylation is 1. The molecule has 3 rings (SSSR count). The van der Waals surface area contributed by atoms with Gasteiger partial charge in [-0.1, -0.05) is 32.0 Å². The molecule has 2 aromatic carbocycles. The average Bonchev–Trinajstić information content (AvgIpc) is 3.05. The summed E-state index contributed by atoms with van der Waals surface area (Å²) in [6, 6.07) is 14.2. The van der Waals surface area contributed by atoms with Crippen molar-refractivity contribution in [3.63, 3.8) is 0 Å². The molecule has 0 saturated heterocycles. The van der Waals surface area contributed by atoms with Gasteiger partial charge in [-0.25, -0.2) is 13.1 Å². The molecule has 8 heteroatoms. The molecule has 3 aromatic rings. The molecule has 1 atom stereocenters. The highest BCUT2D eigenvalue weighted by molar-refractivity contribution is 7.89. The summed E-state index contributed by atoms with van der Waals surface area (Å²) in [6.45, 7) is 3.83. The number of fused-ring (bicyclic) bond motifs is 1. The molecule has 1 heterocycles. The molecule has 0 fully saturated rings. The summed E-state index contributed by atoms with van der Waals surface area (Å²) in [4.78, 5) is 14.0. The Hall–Kier alpha value is -2.68. The van der Waals surface area contributed by atoms with E-state index in [1.54, 1.807) is 26.0 Å². The first-order chi connectivity index (χ1) is 14.6. The summed E-state index contributed by atoms with van der Waals surface area (Å²) in [5.41, 5.74) is 2.74. The van der Waals surface area contributed by atoms with E-state index in [9.17, 15) is 13.2 Å². The molecular weight excluding hydrogens is 412 g/mol. The lowest BCUT2D eigenvalue weighted by Gasteiger charge is -2.24. The first-order valence-electron chi connectivity index (χ1n) is 10.2. The summed E-state index contributed by atoms with van der Waals surface area (Å²) < 4.78 is 30.6. The summed E-state index contributed by atoms with van der Waals surface area (Å²) in [5, 5.41) is 3.87. The lowest BCUT2D eigenvalue weighted by molar-refractivity contribution is -0.118. The number of sulfonamides is 1. The number of hydrogen-bond donors (Lipinski definition) is 2. The van der Waals surface area contributed by atoms with Gasteiger partial charge in [-0.05, 0) is 50.0 Å². The van der Waals surface area contributed by atoms with Crippen molar-refractivity contribution in [2.45, 2.75) is 24.8 Å². The summed E-state index contributed by atoms with van der Waals surface area (Å²) in [7, 11) is 2.16. The molecule has 0 radical (unpaired) electrons. The molecule has 0 aliphatic carbocycles. The molecule has 0 spiro atoms. The first-order valence-corrected chi connectivity index (χ1v) is 11.7. The zero-order chi connectivity index (χ0) is 22.8. The maximum absolute atomic E-state index is 12.9. The van der Waals surface area contributed by atoms with Crippen LogP contribution >= 0.6 is 0 Å². The summed E-state index contributed by atoms with van der Waals surface area (Å²) in [5.74, 6) is -0.264. The zero-order valence-electron chi connectivity index (χ0n) is 18.6. The van der Waals surface area contributed by atoms with Gasteiger partial charge in [0.1, 0.15) is 0 Å². The number of hydrogen-bond acceptors (Lipinski definition) is 4. The minimum Gasteiger partial charge on any atom is -0.350 e. The monoisotopic (exact) mass is 442 g/mol. The largest absolute Gasteiger partial charge is 0.350 e. The Morgan fingerprint density at radius 3 is 2.32 bits per heavy atom. The SMILES string of the molecule is CC(C)C(=O)Nc1ccc(S(=O)(=O)NCC(c2cn(C)c3ccccc23)N(C)C)cc1. The molecule has 2 N–H and O–H groups in total. The molecule has 1 aromatic heterocycles. The van der Waals surface area contributed by atoms with Gasteiger partial charge in [0.15, 0.2) is 0 Å². The minimum atomic E-state index is -3.70. The van der Waals surface area contributed by atoms with E-state index in [2.05, 4.69) is 32.9 Å². The predicted molar refractivity (Wildman–Crippen MR) is 124 cm³/mol. The van der Waals surface area contributed by atoms with Gasteiger partial charge in [-0.15, -0.1) is 0 Å². The number of carbonyl (C=O) groups is 1. The molecule has 1 amide bonds. The molecule has 0 saturated carbocycles. The Morgan fingerprint density at radius 1 is 1.06 bits per heavy atom. The van der Waals surface area contributed by atoms with Gasteiger partial charge in [0.25, 0.3) is 0 Å². The van der Waals surface area contributed by atoms with Crippen molar-refractivity contribution in [2.24, 2.45) is 13.0 Å². The zero-order valence-corrected chi connectivity index (χ0v) is 19.4. The lowest BCUT2D eigenvalue weighted by Crippen LogP contribution is -2.34. The number of amides is 1. The highest BCUT2D eigenvalue weighted by atomic mass is 32.2. The third-order valence-electron chi connectivity index (χ3n) is 5.33. The van der Waals surface area contributed by atoms with Crippen molar-refractivity contribution in [3.05, 3.63) is 60.3 Å². The second kappa shape index (κ2) is 9.21. The topological polar surface area (TPSA) is 83.4 Å². The number of aromatic nitrogens is 1. The van der Waals surface area contributed by atoms with Gasteiger partial charge in [0, 0.05) is 48.3 Å². The fraction of sp³-hybridized carbons (Fsp3) is 0.348. The van der Waals surface area contributed by atoms with Gasteiger partial charge >= 0.3 is 0 Å². The van der Waals surface area contributed by atoms with Gasteiger partial charge in [0.2, 0.25) is 15.9 Å². The van der Waals surface area contributed by atoms with E-state index in [1.165, 1.54) is 12.1 Å². The number of nitrogens with zero attached hydrogens (tertiary/aromatic N) is 2. The maximum Gasteiger partial charge on any atom is 0.240 e. The summed E-state index contributed by atoms with van der Waals surface area (Å²) in [6.07, 6.45) is 2.05. The van der Waals surface area contributed by atoms with Crippen LogP contribution in [0.5, 0.6) is 0 Å². The molecule has 31 heavy (non-hydrogen) atoms. The molecule has 1 unspecified atom stereocenters. The molecular formula is C23H30N4O3S. The molecule has 0 bridgehead atoms. The molecule has 7 nitrogen and oxygen atoms in total. The fourth-order valence-electron chi connectivity index (χ4n) is 3.49. The van der Waals surface area contributed by atoms with Crippen LogP contribution in [0.2, 0.25) is 0 Å². The number of carbonyl (C=O) groups excluding carboxylic acids is 1. The number of likely N-dealkylation sites (N-methyl/N-ethyl adjacent to an activating group) is 1. The Morgan fingerprint density at radius 2 is 1.71 bits per heavy atom. The van der Waals surface area contributed by atoms with Crippen molar-refractivity contribution in [1.29, 1.82) is 0 Å². The second-order valence-electron chi connectivity index (χ2n) is 8.21. The Kier molecular flexibility index (Phi) is 6.83. The Balaban J connectivity index is 1.78. The molecule has 166 valence electrons. The smallest absolute Gasteiger partial charge is 0.240 e. The van der Waals surface area contributed by atoms with Crippen LogP contribution in [0, 0.1) is 5.92 Å². The van der Waals surface area contributed by atoms with Gasteiger partial charge < -0.3 is 14.8 Å². The first kappa shape index (κ1) is 23.0. The predicted octanol–water partition coefficient (Wildman–Crippen LogP) is 3.35. The van der Waals surface area contributed by atoms with Gasteiger partial charge in [-0.3, -0.25) is 4.79 Å². The van der Waals surface area contributed by atoms with E-state index in [0.717, 1.165) is 16.5 Å². The number of nitrogens with one attached hydrogen (secondary N) is 2. The van der Waals surface area contributed by atoms with Crippen molar-refractivity contribution in [2.75, 3.05) is 26.0 Å². The van der Waals surface area contributed by atoms with Crippen LogP contribution in [-0.2, 0) is 21.9 Å². The fourth-order valence-corrected chi connectivity index (χ4v) is 4.52. The molecule has 0 aliphatic rings. The Bertz CT molecular complexity index is 1170. The number of anilines is 1. The standard InChI is InChI=1S/C23H30N4O3S/c1-16(2)23(28)25-17-10-12-18(13-11-17)31(29,30)24-14-22(26(3)4)20-15-27(5)21-9-7-6-8-19(20)21/h6-13,15-16,22,24H,14H2,1-5H3,(H,25,28). The van der Waals surface area contributed by atoms with E-state index in [-0.39, 0.29) is 29.3 Å². The van der Waals surface area contributed by atoms with E-state index in [0.29, 0.717) is 5.69 Å². The van der Waals surface area contributed by atoms with Gasteiger partial charge in [0.05, 0.1) is 4.90 Å². The van der Waals surface area contributed by atoms with Crippen LogP contribution < -0.4 is 10.0 Å². The third-order valence-corrected chi connectivity index (χ3v) is 6.77. The second-order valence-corrected chi connectivity index (χ2v) is 9.98. The van der Waals surface area contributed by atoms with Crippen LogP contribution in [0.15, 0.2) is 59.6 Å². The van der Waals surface area contributed by atoms with Crippen LogP contribution in [0.25, 0.3) is 10.9 Å².